The maximum atomic E-state index is 13.1. The van der Waals surface area contributed by atoms with Crippen molar-refractivity contribution < 1.29 is 8.42 Å². The first-order valence-electron chi connectivity index (χ1n) is 14.7. The number of piperidine rings is 1. The minimum absolute atomic E-state index is 0.0947. The first-order chi connectivity index (χ1) is 20.1. The maximum Gasteiger partial charge on any atom is 0.239 e. The molecule has 224 valence electrons. The Balaban J connectivity index is 1.41. The van der Waals surface area contributed by atoms with Crippen LogP contribution in [0.1, 0.15) is 74.5 Å². The van der Waals surface area contributed by atoms with Crippen LogP contribution in [0.15, 0.2) is 61.5 Å². The van der Waals surface area contributed by atoms with Crippen LogP contribution >= 0.6 is 0 Å². The van der Waals surface area contributed by atoms with Gasteiger partial charge in [-0.05, 0) is 92.4 Å². The largest absolute Gasteiger partial charge is 0.388 e. The van der Waals surface area contributed by atoms with E-state index in [9.17, 15) is 8.42 Å². The smallest absolute Gasteiger partial charge is 0.239 e. The number of primary sulfonamides is 1. The number of hydrogen-bond acceptors (Lipinski definition) is 7. The summed E-state index contributed by atoms with van der Waals surface area (Å²) in [5.74, 6) is 1.92. The third-order valence-electron chi connectivity index (χ3n) is 8.75. The van der Waals surface area contributed by atoms with E-state index in [4.69, 9.17) is 22.0 Å². The molecular formula is C30H41N9O2S. The number of rotatable bonds is 8. The molecule has 2 aromatic rings. The van der Waals surface area contributed by atoms with Crippen molar-refractivity contribution in [2.45, 2.75) is 75.1 Å². The fraction of sp³-hybridized carbons (Fsp3) is 0.500. The van der Waals surface area contributed by atoms with Crippen LogP contribution in [0.2, 0.25) is 0 Å². The molecule has 1 saturated heterocycles. The highest BCUT2D eigenvalue weighted by Gasteiger charge is 2.29. The number of nitrogens with two attached hydrogens (primary N) is 3. The number of aliphatic imine (C=N–C) groups is 2. The standard InChI is InChI=1S/C30H41N9O2S/c1-19(31)37-25-11-3-20(4-12-25)2-5-24-10-13-26(27(28(24)42(34,40)41)29-35-18-36-38-29)23-8-6-21(7-9-23)22-14-16-39(17-15-22)30(32)33/h6-10,13,20,22,25H,2-5,11-12,14-18H2,1H3,(H2,31,37)(H3,32,33)(H2,34,40,41). The van der Waals surface area contributed by atoms with Crippen LogP contribution in [0.25, 0.3) is 11.1 Å². The summed E-state index contributed by atoms with van der Waals surface area (Å²) in [6, 6.07) is 12.4. The molecule has 0 unspecified atom stereocenters. The third-order valence-corrected chi connectivity index (χ3v) is 9.79. The fourth-order valence-electron chi connectivity index (χ4n) is 6.57. The quantitative estimate of drug-likeness (QED) is 0.265. The van der Waals surface area contributed by atoms with Crippen LogP contribution < -0.4 is 16.6 Å². The summed E-state index contributed by atoms with van der Waals surface area (Å²) >= 11 is 0. The van der Waals surface area contributed by atoms with E-state index in [0.717, 1.165) is 69.2 Å². The molecule has 0 amide bonds. The Labute approximate surface area is 248 Å². The normalized spacial score (nSPS) is 21.9. The van der Waals surface area contributed by atoms with Crippen molar-refractivity contribution in [3.05, 3.63) is 53.1 Å². The van der Waals surface area contributed by atoms with Crippen molar-refractivity contribution in [1.82, 2.24) is 4.90 Å². The van der Waals surface area contributed by atoms with Gasteiger partial charge in [-0.15, -0.1) is 5.11 Å². The number of benzene rings is 2. The van der Waals surface area contributed by atoms with Crippen molar-refractivity contribution in [3.63, 3.8) is 0 Å². The summed E-state index contributed by atoms with van der Waals surface area (Å²) in [7, 11) is -4.09. The second-order valence-electron chi connectivity index (χ2n) is 11.6. The van der Waals surface area contributed by atoms with E-state index in [1.807, 2.05) is 36.1 Å². The minimum atomic E-state index is -4.09. The molecule has 2 fully saturated rings. The highest BCUT2D eigenvalue weighted by molar-refractivity contribution is 7.89. The molecule has 7 N–H and O–H groups in total. The lowest BCUT2D eigenvalue weighted by molar-refractivity contribution is 0.309. The lowest BCUT2D eigenvalue weighted by Crippen LogP contribution is -2.41. The van der Waals surface area contributed by atoms with Crippen LogP contribution in [0.5, 0.6) is 0 Å². The molecule has 11 nitrogen and oxygen atoms in total. The number of hydrogen-bond donors (Lipinski definition) is 4. The highest BCUT2D eigenvalue weighted by atomic mass is 32.2. The van der Waals surface area contributed by atoms with E-state index in [1.54, 1.807) is 0 Å². The first-order valence-corrected chi connectivity index (χ1v) is 16.2. The predicted octanol–water partition coefficient (Wildman–Crippen LogP) is 4.11. The molecule has 0 bridgehead atoms. The average molecular weight is 592 g/mol. The highest BCUT2D eigenvalue weighted by Crippen LogP contribution is 2.37. The second kappa shape index (κ2) is 12.7. The van der Waals surface area contributed by atoms with E-state index in [-0.39, 0.29) is 23.6 Å². The number of aryl methyl sites for hydroxylation is 1. The average Bonchev–Trinajstić information content (AvgIpc) is 3.51. The number of guanidine groups is 1. The Hall–Kier alpha value is -3.64. The number of sulfonamides is 1. The number of nitrogens with one attached hydrogen (secondary N) is 1. The summed E-state index contributed by atoms with van der Waals surface area (Å²) in [4.78, 5) is 10.9. The van der Waals surface area contributed by atoms with Crippen molar-refractivity contribution in [2.75, 3.05) is 19.8 Å². The molecule has 42 heavy (non-hydrogen) atoms. The van der Waals surface area contributed by atoms with Gasteiger partial charge in [-0.3, -0.25) is 10.4 Å². The van der Waals surface area contributed by atoms with Gasteiger partial charge in [0.15, 0.2) is 18.5 Å². The zero-order valence-corrected chi connectivity index (χ0v) is 25.0. The molecule has 2 aromatic carbocycles. The number of nitrogens with zero attached hydrogens (tertiary/aromatic N) is 5. The van der Waals surface area contributed by atoms with Gasteiger partial charge in [0.25, 0.3) is 0 Å². The lowest BCUT2D eigenvalue weighted by atomic mass is 9.82. The maximum absolute atomic E-state index is 13.1. The first kappa shape index (κ1) is 29.8. The molecule has 0 spiro atoms. The van der Waals surface area contributed by atoms with Crippen LogP contribution in [0.3, 0.4) is 0 Å². The Morgan fingerprint density at radius 1 is 1.02 bits per heavy atom. The SMILES string of the molecule is CC(N)=NC1CCC(CCc2ccc(-c3ccc(C4CCN(C(=N)N)CC4)cc3)c(C3=NCN=N3)c2S(N)(=O)=O)CC1. The molecular weight excluding hydrogens is 550 g/mol. The minimum Gasteiger partial charge on any atom is -0.388 e. The molecule has 3 aliphatic rings. The summed E-state index contributed by atoms with van der Waals surface area (Å²) in [6.07, 6.45) is 7.37. The molecule has 0 radical (unpaired) electrons. The Bertz CT molecular complexity index is 1500. The van der Waals surface area contributed by atoms with E-state index in [1.165, 1.54) is 5.56 Å². The van der Waals surface area contributed by atoms with E-state index in [2.05, 4.69) is 32.3 Å². The van der Waals surface area contributed by atoms with Crippen molar-refractivity contribution in [1.29, 1.82) is 5.41 Å². The third kappa shape index (κ3) is 6.87. The van der Waals surface area contributed by atoms with Crippen LogP contribution in [-0.2, 0) is 16.4 Å². The van der Waals surface area contributed by atoms with Crippen molar-refractivity contribution in [2.24, 2.45) is 42.7 Å². The molecule has 5 rings (SSSR count). The van der Waals surface area contributed by atoms with Crippen LogP contribution in [0, 0.1) is 11.3 Å². The van der Waals surface area contributed by atoms with E-state index >= 15 is 0 Å². The molecule has 12 heteroatoms. The summed E-state index contributed by atoms with van der Waals surface area (Å²) in [5.41, 5.74) is 15.3. The number of likely N-dealkylation sites (tertiary alicyclic amines) is 1. The van der Waals surface area contributed by atoms with Gasteiger partial charge in [0, 0.05) is 18.7 Å². The fourth-order valence-corrected chi connectivity index (χ4v) is 7.59. The van der Waals surface area contributed by atoms with Crippen LogP contribution in [0.4, 0.5) is 0 Å². The Kier molecular flexibility index (Phi) is 9.02. The van der Waals surface area contributed by atoms with Gasteiger partial charge in [0.2, 0.25) is 10.0 Å². The molecule has 1 saturated carbocycles. The van der Waals surface area contributed by atoms with Gasteiger partial charge in [-0.2, -0.15) is 5.11 Å². The zero-order valence-electron chi connectivity index (χ0n) is 24.2. The molecule has 0 atom stereocenters. The van der Waals surface area contributed by atoms with Gasteiger partial charge >= 0.3 is 0 Å². The monoisotopic (exact) mass is 591 g/mol. The van der Waals surface area contributed by atoms with Crippen LogP contribution in [-0.4, -0.2) is 56.7 Å². The second-order valence-corrected chi connectivity index (χ2v) is 13.1. The van der Waals surface area contributed by atoms with Gasteiger partial charge in [0.05, 0.1) is 16.8 Å². The van der Waals surface area contributed by atoms with E-state index < -0.39 is 10.0 Å². The molecule has 0 aromatic heterocycles. The lowest BCUT2D eigenvalue weighted by Gasteiger charge is -2.32. The number of amidine groups is 2. The topological polar surface area (TPSA) is 189 Å². The summed E-state index contributed by atoms with van der Waals surface area (Å²) in [5, 5.41) is 21.8. The zero-order chi connectivity index (χ0) is 29.9. The number of azo groups is 1. The van der Waals surface area contributed by atoms with Gasteiger partial charge < -0.3 is 16.4 Å². The summed E-state index contributed by atoms with van der Waals surface area (Å²) < 4.78 is 26.3. The Morgan fingerprint density at radius 3 is 2.29 bits per heavy atom. The van der Waals surface area contributed by atoms with E-state index in [0.29, 0.717) is 41.1 Å². The molecule has 2 heterocycles. The predicted molar refractivity (Wildman–Crippen MR) is 166 cm³/mol. The van der Waals surface area contributed by atoms with Crippen molar-refractivity contribution in [3.8, 4) is 11.1 Å². The Morgan fingerprint density at radius 2 is 1.71 bits per heavy atom. The van der Waals surface area contributed by atoms with Gasteiger partial charge in [-0.1, -0.05) is 36.4 Å². The summed E-state index contributed by atoms with van der Waals surface area (Å²) in [6.45, 7) is 3.51. The molecule has 2 aliphatic heterocycles. The van der Waals surface area contributed by atoms with Crippen molar-refractivity contribution >= 4 is 27.7 Å². The van der Waals surface area contributed by atoms with Gasteiger partial charge in [-0.25, -0.2) is 18.5 Å². The van der Waals surface area contributed by atoms with Gasteiger partial charge in [0.1, 0.15) is 0 Å². The molecule has 1 aliphatic carbocycles.